The van der Waals surface area contributed by atoms with E-state index in [1.807, 2.05) is 23.4 Å². The molecule has 7 heteroatoms. The summed E-state index contributed by atoms with van der Waals surface area (Å²) in [6.45, 7) is 3.15. The van der Waals surface area contributed by atoms with Crippen LogP contribution in [0.2, 0.25) is 0 Å². The van der Waals surface area contributed by atoms with Crippen molar-refractivity contribution in [1.29, 1.82) is 0 Å². The number of likely N-dealkylation sites (N-methyl/N-ethyl adjacent to an activating group) is 1. The predicted octanol–water partition coefficient (Wildman–Crippen LogP) is 2.03. The van der Waals surface area contributed by atoms with Gasteiger partial charge >= 0.3 is 0 Å². The Morgan fingerprint density at radius 3 is 2.93 bits per heavy atom. The lowest BCUT2D eigenvalue weighted by Gasteiger charge is -2.33. The molecule has 29 heavy (non-hydrogen) atoms. The molecule has 2 aliphatic rings. The number of nitrogens with zero attached hydrogens (tertiary/aromatic N) is 4. The molecule has 3 heterocycles. The molecule has 2 aromatic rings. The number of likely N-dealkylation sites (tertiary alicyclic amines) is 1. The van der Waals surface area contributed by atoms with Crippen molar-refractivity contribution in [3.05, 3.63) is 51.5 Å². The molecule has 7 nitrogen and oxygen atoms in total. The Kier molecular flexibility index (Phi) is 5.85. The molecule has 0 unspecified atom stereocenters. The first-order chi connectivity index (χ1) is 14.0. The van der Waals surface area contributed by atoms with E-state index < -0.39 is 0 Å². The third kappa shape index (κ3) is 4.29. The average Bonchev–Trinajstić information content (AvgIpc) is 3.20. The Morgan fingerprint density at radius 2 is 2.10 bits per heavy atom. The van der Waals surface area contributed by atoms with Gasteiger partial charge in [-0.3, -0.25) is 9.59 Å². The van der Waals surface area contributed by atoms with E-state index >= 15 is 0 Å². The minimum atomic E-state index is -0.245. The quantitative estimate of drug-likeness (QED) is 0.838. The molecular formula is C22H31N5O2. The van der Waals surface area contributed by atoms with Crippen LogP contribution in [0.1, 0.15) is 59.0 Å². The molecule has 156 valence electrons. The number of nitrogens with one attached hydrogen (secondary N) is 1. The Labute approximate surface area is 171 Å². The number of hydrogen-bond acceptors (Lipinski definition) is 4. The molecule has 0 saturated carbocycles. The monoisotopic (exact) mass is 397 g/mol. The van der Waals surface area contributed by atoms with E-state index in [0.29, 0.717) is 18.7 Å². The first kappa shape index (κ1) is 19.9. The molecule has 0 spiro atoms. The van der Waals surface area contributed by atoms with Gasteiger partial charge in [-0.05, 0) is 64.3 Å². The molecule has 2 aromatic heterocycles. The first-order valence-electron chi connectivity index (χ1n) is 10.7. The number of aromatic amines is 1. The second-order valence-corrected chi connectivity index (χ2v) is 8.60. The lowest BCUT2D eigenvalue weighted by Crippen LogP contribution is -2.42. The normalized spacial score (nSPS) is 19.4. The van der Waals surface area contributed by atoms with Gasteiger partial charge in [0.2, 0.25) is 0 Å². The van der Waals surface area contributed by atoms with E-state index in [-0.39, 0.29) is 17.4 Å². The number of aromatic nitrogens is 3. The molecule has 1 amide bonds. The number of H-pyrrole nitrogens is 1. The minimum Gasteiger partial charge on any atom is -0.338 e. The van der Waals surface area contributed by atoms with Crippen molar-refractivity contribution in [2.24, 2.45) is 0 Å². The third-order valence-electron chi connectivity index (χ3n) is 6.18. The lowest BCUT2D eigenvalue weighted by atomic mass is 9.94. The van der Waals surface area contributed by atoms with Crippen LogP contribution in [0.5, 0.6) is 0 Å². The molecule has 1 aliphatic carbocycles. The smallest absolute Gasteiger partial charge is 0.261 e. The Morgan fingerprint density at radius 1 is 1.28 bits per heavy atom. The fourth-order valence-corrected chi connectivity index (χ4v) is 4.55. The summed E-state index contributed by atoms with van der Waals surface area (Å²) in [5.41, 5.74) is 2.19. The minimum absolute atomic E-state index is 0.143. The third-order valence-corrected chi connectivity index (χ3v) is 6.18. The molecule has 1 fully saturated rings. The van der Waals surface area contributed by atoms with E-state index in [9.17, 15) is 9.59 Å². The summed E-state index contributed by atoms with van der Waals surface area (Å²) in [7, 11) is 4.13. The fraction of sp³-hybridized carbons (Fsp3) is 0.591. The first-order valence-corrected chi connectivity index (χ1v) is 10.7. The van der Waals surface area contributed by atoms with E-state index in [1.54, 1.807) is 0 Å². The van der Waals surface area contributed by atoms with E-state index in [4.69, 9.17) is 0 Å². The van der Waals surface area contributed by atoms with Gasteiger partial charge in [0.25, 0.3) is 11.5 Å². The van der Waals surface area contributed by atoms with Crippen LogP contribution < -0.4 is 5.56 Å². The SMILES string of the molecule is CN(C)CCn1ccnc1[C@H]1CCCN(C(=O)c2cc3c([nH]c2=O)CCCC3)C1. The largest absolute Gasteiger partial charge is 0.338 e. The van der Waals surface area contributed by atoms with Crippen molar-refractivity contribution >= 4 is 5.91 Å². The number of amides is 1. The maximum Gasteiger partial charge on any atom is 0.261 e. The number of hydrogen-bond donors (Lipinski definition) is 1. The number of carbonyl (C=O) groups is 1. The van der Waals surface area contributed by atoms with Gasteiger partial charge in [0.05, 0.1) is 0 Å². The highest BCUT2D eigenvalue weighted by molar-refractivity contribution is 5.94. The van der Waals surface area contributed by atoms with Crippen molar-refractivity contribution in [3.63, 3.8) is 0 Å². The van der Waals surface area contributed by atoms with Crippen LogP contribution in [0, 0.1) is 0 Å². The molecule has 0 aromatic carbocycles. The number of carbonyl (C=O) groups excluding carboxylic acids is 1. The van der Waals surface area contributed by atoms with Gasteiger partial charge in [-0.25, -0.2) is 4.98 Å². The van der Waals surface area contributed by atoms with Gasteiger partial charge in [0.15, 0.2) is 0 Å². The van der Waals surface area contributed by atoms with Gasteiger partial charge < -0.3 is 19.4 Å². The van der Waals surface area contributed by atoms with Crippen molar-refractivity contribution < 1.29 is 4.79 Å². The standard InChI is InChI=1S/C22H31N5O2/c1-25(2)12-13-26-11-9-23-20(26)17-7-5-10-27(15-17)22(29)18-14-16-6-3-4-8-19(16)24-21(18)28/h9,11,14,17H,3-8,10,12-13,15H2,1-2H3,(H,24,28)/t17-/m0/s1. The molecule has 1 aliphatic heterocycles. The van der Waals surface area contributed by atoms with Crippen LogP contribution in [0.3, 0.4) is 0 Å². The predicted molar refractivity (Wildman–Crippen MR) is 112 cm³/mol. The molecular weight excluding hydrogens is 366 g/mol. The van der Waals surface area contributed by atoms with Crippen molar-refractivity contribution in [2.45, 2.75) is 51.0 Å². The van der Waals surface area contributed by atoms with E-state index in [1.165, 1.54) is 0 Å². The number of fused-ring (bicyclic) bond motifs is 1. The summed E-state index contributed by atoms with van der Waals surface area (Å²) in [6, 6.07) is 1.84. The number of rotatable bonds is 5. The summed E-state index contributed by atoms with van der Waals surface area (Å²) >= 11 is 0. The van der Waals surface area contributed by atoms with Gasteiger partial charge in [0.1, 0.15) is 11.4 Å². The van der Waals surface area contributed by atoms with Gasteiger partial charge in [-0.15, -0.1) is 0 Å². The second kappa shape index (κ2) is 8.53. The Balaban J connectivity index is 1.51. The van der Waals surface area contributed by atoms with Crippen LogP contribution in [0.4, 0.5) is 0 Å². The molecule has 1 saturated heterocycles. The fourth-order valence-electron chi connectivity index (χ4n) is 4.55. The van der Waals surface area contributed by atoms with Crippen LogP contribution in [0.15, 0.2) is 23.3 Å². The summed E-state index contributed by atoms with van der Waals surface area (Å²) in [5.74, 6) is 1.11. The average molecular weight is 398 g/mol. The molecule has 1 atom stereocenters. The zero-order valence-corrected chi connectivity index (χ0v) is 17.5. The van der Waals surface area contributed by atoms with E-state index in [0.717, 1.165) is 68.7 Å². The van der Waals surface area contributed by atoms with Crippen molar-refractivity contribution in [3.8, 4) is 0 Å². The topological polar surface area (TPSA) is 74.2 Å². The summed E-state index contributed by atoms with van der Waals surface area (Å²) in [5, 5.41) is 0. The number of piperidine rings is 1. The van der Waals surface area contributed by atoms with Gasteiger partial charge in [0, 0.05) is 50.2 Å². The molecule has 4 rings (SSSR count). The second-order valence-electron chi connectivity index (χ2n) is 8.60. The van der Waals surface area contributed by atoms with Crippen LogP contribution >= 0.6 is 0 Å². The maximum atomic E-state index is 13.2. The van der Waals surface area contributed by atoms with Crippen molar-refractivity contribution in [2.75, 3.05) is 33.7 Å². The highest BCUT2D eigenvalue weighted by Gasteiger charge is 2.29. The lowest BCUT2D eigenvalue weighted by molar-refractivity contribution is 0.0701. The molecule has 0 bridgehead atoms. The highest BCUT2D eigenvalue weighted by atomic mass is 16.2. The highest BCUT2D eigenvalue weighted by Crippen LogP contribution is 2.27. The van der Waals surface area contributed by atoms with E-state index in [2.05, 4.69) is 33.5 Å². The number of aryl methyl sites for hydroxylation is 2. The van der Waals surface area contributed by atoms with Crippen molar-refractivity contribution in [1.82, 2.24) is 24.3 Å². The Hall–Kier alpha value is -2.41. The zero-order chi connectivity index (χ0) is 20.4. The molecule has 0 radical (unpaired) electrons. The van der Waals surface area contributed by atoms with Crippen LogP contribution in [-0.4, -0.2) is 64.0 Å². The van der Waals surface area contributed by atoms with Gasteiger partial charge in [-0.1, -0.05) is 0 Å². The summed E-state index contributed by atoms with van der Waals surface area (Å²) < 4.78 is 2.20. The zero-order valence-electron chi connectivity index (χ0n) is 17.5. The Bertz CT molecular complexity index is 930. The summed E-state index contributed by atoms with van der Waals surface area (Å²) in [6.07, 6.45) is 9.88. The van der Waals surface area contributed by atoms with Crippen LogP contribution in [-0.2, 0) is 19.4 Å². The number of imidazole rings is 1. The summed E-state index contributed by atoms with van der Waals surface area (Å²) in [4.78, 5) is 37.3. The van der Waals surface area contributed by atoms with Crippen LogP contribution in [0.25, 0.3) is 0 Å². The molecule has 1 N–H and O–H groups in total. The maximum absolute atomic E-state index is 13.2. The van der Waals surface area contributed by atoms with Gasteiger partial charge in [-0.2, -0.15) is 0 Å². The number of pyridine rings is 1.